The van der Waals surface area contributed by atoms with Gasteiger partial charge in [0.05, 0.1) is 5.56 Å². The number of rotatable bonds is 6. The topological polar surface area (TPSA) is 104 Å². The molecule has 1 saturated carbocycles. The normalized spacial score (nSPS) is 18.1. The van der Waals surface area contributed by atoms with Crippen LogP contribution in [0.1, 0.15) is 36.0 Å². The standard InChI is InChI=1S/C15H18O6/c16-13(17)10-4-3-7-12(8-10)21-9-15(20,14(18)19)11-5-1-2-6-11/h3-4,7-8,11,20H,1-2,5-6,9H2,(H,16,17)(H,18,19). The zero-order valence-corrected chi connectivity index (χ0v) is 11.5. The molecule has 0 amide bonds. The average molecular weight is 294 g/mol. The summed E-state index contributed by atoms with van der Waals surface area (Å²) in [7, 11) is 0. The van der Waals surface area contributed by atoms with Crippen LogP contribution >= 0.6 is 0 Å². The largest absolute Gasteiger partial charge is 0.490 e. The van der Waals surface area contributed by atoms with E-state index in [9.17, 15) is 19.8 Å². The Morgan fingerprint density at radius 1 is 1.24 bits per heavy atom. The highest BCUT2D eigenvalue weighted by Gasteiger charge is 2.46. The Labute approximate surface area is 122 Å². The first kappa shape index (κ1) is 15.3. The molecule has 6 heteroatoms. The lowest BCUT2D eigenvalue weighted by Gasteiger charge is -2.29. The molecule has 2 rings (SSSR count). The molecule has 21 heavy (non-hydrogen) atoms. The molecule has 1 atom stereocenters. The van der Waals surface area contributed by atoms with Crippen LogP contribution in [0.25, 0.3) is 0 Å². The maximum Gasteiger partial charge on any atom is 0.339 e. The Morgan fingerprint density at radius 2 is 1.90 bits per heavy atom. The third-order valence-corrected chi connectivity index (χ3v) is 3.94. The minimum absolute atomic E-state index is 0.0484. The van der Waals surface area contributed by atoms with Crippen molar-refractivity contribution in [3.05, 3.63) is 29.8 Å². The molecule has 0 spiro atoms. The molecule has 1 aliphatic carbocycles. The molecule has 1 aliphatic rings. The van der Waals surface area contributed by atoms with Gasteiger partial charge in [-0.05, 0) is 31.0 Å². The van der Waals surface area contributed by atoms with Crippen molar-refractivity contribution < 1.29 is 29.6 Å². The molecule has 114 valence electrons. The SMILES string of the molecule is O=C(O)c1cccc(OCC(O)(C(=O)O)C2CCCC2)c1. The molecule has 0 heterocycles. The van der Waals surface area contributed by atoms with E-state index < -0.39 is 24.1 Å². The summed E-state index contributed by atoms with van der Waals surface area (Å²) in [6, 6.07) is 5.76. The van der Waals surface area contributed by atoms with E-state index in [1.54, 1.807) is 0 Å². The van der Waals surface area contributed by atoms with Crippen LogP contribution in [-0.4, -0.2) is 39.5 Å². The van der Waals surface area contributed by atoms with Gasteiger partial charge in [0.15, 0.2) is 5.60 Å². The Hall–Kier alpha value is -2.08. The van der Waals surface area contributed by atoms with Crippen LogP contribution in [-0.2, 0) is 4.79 Å². The molecule has 3 N–H and O–H groups in total. The average Bonchev–Trinajstić information content (AvgIpc) is 2.99. The van der Waals surface area contributed by atoms with Gasteiger partial charge in [-0.1, -0.05) is 18.9 Å². The molecule has 0 saturated heterocycles. The summed E-state index contributed by atoms with van der Waals surface area (Å²) in [6.45, 7) is -0.393. The van der Waals surface area contributed by atoms with E-state index in [4.69, 9.17) is 9.84 Å². The van der Waals surface area contributed by atoms with Crippen molar-refractivity contribution in [2.45, 2.75) is 31.3 Å². The Balaban J connectivity index is 2.10. The lowest BCUT2D eigenvalue weighted by molar-refractivity contribution is -0.169. The van der Waals surface area contributed by atoms with Crippen molar-refractivity contribution in [2.24, 2.45) is 5.92 Å². The third-order valence-electron chi connectivity index (χ3n) is 3.94. The number of benzene rings is 1. The molecule has 1 aromatic rings. The molecule has 1 aromatic carbocycles. The smallest absolute Gasteiger partial charge is 0.339 e. The number of hydrogen-bond donors (Lipinski definition) is 3. The highest BCUT2D eigenvalue weighted by Crippen LogP contribution is 2.35. The van der Waals surface area contributed by atoms with Crippen LogP contribution < -0.4 is 4.74 Å². The van der Waals surface area contributed by atoms with Gasteiger partial charge < -0.3 is 20.1 Å². The van der Waals surface area contributed by atoms with Crippen molar-refractivity contribution in [1.29, 1.82) is 0 Å². The second-order valence-electron chi connectivity index (χ2n) is 5.33. The van der Waals surface area contributed by atoms with E-state index in [1.807, 2.05) is 0 Å². The number of carboxylic acids is 2. The van der Waals surface area contributed by atoms with Gasteiger partial charge in [-0.15, -0.1) is 0 Å². The molecule has 0 aliphatic heterocycles. The Morgan fingerprint density at radius 3 is 2.48 bits per heavy atom. The van der Waals surface area contributed by atoms with Crippen LogP contribution in [0.4, 0.5) is 0 Å². The van der Waals surface area contributed by atoms with E-state index in [2.05, 4.69) is 0 Å². The summed E-state index contributed by atoms with van der Waals surface area (Å²) >= 11 is 0. The Bertz CT molecular complexity index is 535. The fourth-order valence-electron chi connectivity index (χ4n) is 2.67. The number of carbonyl (C=O) groups is 2. The number of aromatic carboxylic acids is 1. The first-order valence-corrected chi connectivity index (χ1v) is 6.85. The fourth-order valence-corrected chi connectivity index (χ4v) is 2.67. The first-order valence-electron chi connectivity index (χ1n) is 6.85. The van der Waals surface area contributed by atoms with Crippen molar-refractivity contribution in [2.75, 3.05) is 6.61 Å². The summed E-state index contributed by atoms with van der Waals surface area (Å²) in [4.78, 5) is 22.3. The van der Waals surface area contributed by atoms with Crippen molar-refractivity contribution in [3.8, 4) is 5.75 Å². The summed E-state index contributed by atoms with van der Waals surface area (Å²) in [5, 5.41) is 28.6. The van der Waals surface area contributed by atoms with Gasteiger partial charge in [0, 0.05) is 5.92 Å². The summed E-state index contributed by atoms with van der Waals surface area (Å²) < 4.78 is 5.34. The zero-order chi connectivity index (χ0) is 15.5. The number of aliphatic carboxylic acids is 1. The highest BCUT2D eigenvalue weighted by molar-refractivity contribution is 5.88. The number of aliphatic hydroxyl groups is 1. The number of carboxylic acid groups (broad SMARTS) is 2. The molecule has 6 nitrogen and oxygen atoms in total. The molecule has 1 unspecified atom stereocenters. The van der Waals surface area contributed by atoms with Crippen LogP contribution in [0.2, 0.25) is 0 Å². The van der Waals surface area contributed by atoms with Gasteiger partial charge in [-0.2, -0.15) is 0 Å². The van der Waals surface area contributed by atoms with E-state index in [0.29, 0.717) is 12.8 Å². The maximum absolute atomic E-state index is 11.4. The lowest BCUT2D eigenvalue weighted by Crippen LogP contribution is -2.50. The van der Waals surface area contributed by atoms with E-state index >= 15 is 0 Å². The van der Waals surface area contributed by atoms with Crippen LogP contribution in [0.5, 0.6) is 5.75 Å². The molecule has 0 radical (unpaired) electrons. The van der Waals surface area contributed by atoms with Gasteiger partial charge in [-0.3, -0.25) is 0 Å². The minimum atomic E-state index is -1.93. The van der Waals surface area contributed by atoms with E-state index in [-0.39, 0.29) is 17.2 Å². The Kier molecular flexibility index (Phi) is 4.47. The predicted molar refractivity (Wildman–Crippen MR) is 73.4 cm³/mol. The van der Waals surface area contributed by atoms with Crippen molar-refractivity contribution in [3.63, 3.8) is 0 Å². The fraction of sp³-hybridized carbons (Fsp3) is 0.467. The number of ether oxygens (including phenoxy) is 1. The predicted octanol–water partition coefficient (Wildman–Crippen LogP) is 1.77. The van der Waals surface area contributed by atoms with Gasteiger partial charge in [0.25, 0.3) is 0 Å². The summed E-state index contributed by atoms with van der Waals surface area (Å²) in [6.07, 6.45) is 3.10. The lowest BCUT2D eigenvalue weighted by atomic mass is 9.87. The summed E-state index contributed by atoms with van der Waals surface area (Å²) in [5.41, 5.74) is -1.89. The van der Waals surface area contributed by atoms with E-state index in [1.165, 1.54) is 24.3 Å². The molecular formula is C15H18O6. The molecule has 0 aromatic heterocycles. The molecule has 1 fully saturated rings. The van der Waals surface area contributed by atoms with Crippen LogP contribution in [0.3, 0.4) is 0 Å². The van der Waals surface area contributed by atoms with Crippen molar-refractivity contribution >= 4 is 11.9 Å². The third kappa shape index (κ3) is 3.33. The monoisotopic (exact) mass is 294 g/mol. The molecular weight excluding hydrogens is 276 g/mol. The van der Waals surface area contributed by atoms with Crippen LogP contribution in [0.15, 0.2) is 24.3 Å². The van der Waals surface area contributed by atoms with Gasteiger partial charge in [-0.25, -0.2) is 9.59 Å². The maximum atomic E-state index is 11.4. The molecule has 0 bridgehead atoms. The second-order valence-corrected chi connectivity index (χ2v) is 5.33. The minimum Gasteiger partial charge on any atom is -0.490 e. The summed E-state index contributed by atoms with van der Waals surface area (Å²) in [5.74, 6) is -2.50. The van der Waals surface area contributed by atoms with Gasteiger partial charge >= 0.3 is 11.9 Å². The van der Waals surface area contributed by atoms with Crippen LogP contribution in [0, 0.1) is 5.92 Å². The number of hydrogen-bond acceptors (Lipinski definition) is 4. The van der Waals surface area contributed by atoms with Crippen molar-refractivity contribution in [1.82, 2.24) is 0 Å². The first-order chi connectivity index (χ1) is 9.93. The van der Waals surface area contributed by atoms with E-state index in [0.717, 1.165) is 12.8 Å². The zero-order valence-electron chi connectivity index (χ0n) is 11.5. The van der Waals surface area contributed by atoms with Gasteiger partial charge in [0.1, 0.15) is 12.4 Å². The quantitative estimate of drug-likeness (QED) is 0.738. The highest BCUT2D eigenvalue weighted by atomic mass is 16.5. The second kappa shape index (κ2) is 6.13. The van der Waals surface area contributed by atoms with Gasteiger partial charge in [0.2, 0.25) is 0 Å².